The van der Waals surface area contributed by atoms with Gasteiger partial charge < -0.3 is 10.2 Å². The van der Waals surface area contributed by atoms with Crippen molar-refractivity contribution in [3.8, 4) is 0 Å². The van der Waals surface area contributed by atoms with Crippen LogP contribution in [0.1, 0.15) is 32.1 Å². The Morgan fingerprint density at radius 3 is 3.17 bits per heavy atom. The normalized spacial score (nSPS) is 33.4. The van der Waals surface area contributed by atoms with E-state index in [1.54, 1.807) is 0 Å². The van der Waals surface area contributed by atoms with Crippen molar-refractivity contribution in [3.05, 3.63) is 16.7 Å². The van der Waals surface area contributed by atoms with Crippen LogP contribution in [0.25, 0.3) is 0 Å². The van der Waals surface area contributed by atoms with Crippen LogP contribution in [0.3, 0.4) is 0 Å². The van der Waals surface area contributed by atoms with Gasteiger partial charge in [-0.3, -0.25) is 0 Å². The van der Waals surface area contributed by atoms with Crippen LogP contribution in [0, 0.1) is 5.92 Å². The highest BCUT2D eigenvalue weighted by Crippen LogP contribution is 2.45. The number of fused-ring (bicyclic) bond motifs is 5. The van der Waals surface area contributed by atoms with Gasteiger partial charge in [-0.15, -0.1) is 0 Å². The van der Waals surface area contributed by atoms with Crippen molar-refractivity contribution in [2.75, 3.05) is 16.8 Å². The number of anilines is 2. The van der Waals surface area contributed by atoms with E-state index in [0.29, 0.717) is 6.04 Å². The minimum atomic E-state index is 0.666. The molecule has 3 atom stereocenters. The second kappa shape index (κ2) is 4.12. The maximum Gasteiger partial charge on any atom is 0.152 e. The van der Waals surface area contributed by atoms with Gasteiger partial charge in [0, 0.05) is 29.3 Å². The lowest BCUT2D eigenvalue weighted by atomic mass is 9.85. The zero-order valence-electron chi connectivity index (χ0n) is 10.4. The van der Waals surface area contributed by atoms with Gasteiger partial charge in [0.1, 0.15) is 0 Å². The Hall–Kier alpha value is -0.770. The quantitative estimate of drug-likeness (QED) is 0.796. The van der Waals surface area contributed by atoms with Crippen LogP contribution in [-0.2, 0) is 0 Å². The van der Waals surface area contributed by atoms with E-state index in [1.165, 1.54) is 43.6 Å². The van der Waals surface area contributed by atoms with E-state index in [9.17, 15) is 0 Å². The number of aromatic nitrogens is 1. The van der Waals surface area contributed by atoms with Crippen LogP contribution in [0.2, 0.25) is 0 Å². The summed E-state index contributed by atoms with van der Waals surface area (Å²) < 4.78 is 1.06. The summed E-state index contributed by atoms with van der Waals surface area (Å²) in [6.45, 7) is 1.08. The summed E-state index contributed by atoms with van der Waals surface area (Å²) >= 11 is 3.51. The summed E-state index contributed by atoms with van der Waals surface area (Å²) in [6, 6.07) is 3.58. The van der Waals surface area contributed by atoms with Gasteiger partial charge in [0.25, 0.3) is 0 Å². The average molecular weight is 308 g/mol. The highest BCUT2D eigenvalue weighted by Gasteiger charge is 2.44. The van der Waals surface area contributed by atoms with E-state index in [0.717, 1.165) is 23.0 Å². The van der Waals surface area contributed by atoms with Crippen molar-refractivity contribution in [2.45, 2.75) is 44.2 Å². The maximum atomic E-state index is 4.67. The third-order valence-electron chi connectivity index (χ3n) is 4.80. The molecule has 0 radical (unpaired) electrons. The number of halogens is 1. The van der Waals surface area contributed by atoms with Crippen LogP contribution < -0.4 is 10.2 Å². The molecule has 0 aromatic carbocycles. The van der Waals surface area contributed by atoms with Crippen molar-refractivity contribution < 1.29 is 0 Å². The monoisotopic (exact) mass is 307 g/mol. The van der Waals surface area contributed by atoms with Crippen LogP contribution in [0.4, 0.5) is 11.5 Å². The average Bonchev–Trinajstić information content (AvgIpc) is 2.77. The van der Waals surface area contributed by atoms with E-state index in [2.05, 4.69) is 37.2 Å². The molecular formula is C14H18BrN3. The first kappa shape index (κ1) is 11.1. The van der Waals surface area contributed by atoms with E-state index in [1.807, 2.05) is 6.20 Å². The van der Waals surface area contributed by atoms with E-state index in [-0.39, 0.29) is 0 Å². The van der Waals surface area contributed by atoms with Gasteiger partial charge >= 0.3 is 0 Å². The number of nitrogens with one attached hydrogen (secondary N) is 1. The summed E-state index contributed by atoms with van der Waals surface area (Å²) in [5.74, 6) is 2.09. The highest BCUT2D eigenvalue weighted by atomic mass is 79.9. The van der Waals surface area contributed by atoms with Crippen molar-refractivity contribution in [2.24, 2.45) is 5.92 Å². The van der Waals surface area contributed by atoms with E-state index < -0.39 is 0 Å². The Labute approximate surface area is 116 Å². The number of hydrogen-bond acceptors (Lipinski definition) is 3. The van der Waals surface area contributed by atoms with Gasteiger partial charge in [-0.25, -0.2) is 4.98 Å². The van der Waals surface area contributed by atoms with Gasteiger partial charge in [0.15, 0.2) is 5.82 Å². The molecule has 4 rings (SSSR count). The van der Waals surface area contributed by atoms with Crippen LogP contribution >= 0.6 is 15.9 Å². The molecule has 1 aromatic rings. The molecule has 0 amide bonds. The van der Waals surface area contributed by atoms with Crippen molar-refractivity contribution in [1.29, 1.82) is 0 Å². The smallest absolute Gasteiger partial charge is 0.152 e. The van der Waals surface area contributed by atoms with Crippen molar-refractivity contribution >= 4 is 27.4 Å². The number of hydrogen-bond donors (Lipinski definition) is 1. The third kappa shape index (κ3) is 1.58. The lowest BCUT2D eigenvalue weighted by molar-refractivity contribution is 0.341. The SMILES string of the molecule is Brc1cnc2c(c1)NCC1CC3CCCCC3N21. The lowest BCUT2D eigenvalue weighted by Gasteiger charge is -2.39. The molecule has 1 saturated carbocycles. The van der Waals surface area contributed by atoms with Crippen LogP contribution in [0.5, 0.6) is 0 Å². The van der Waals surface area contributed by atoms with Gasteiger partial charge in [-0.2, -0.15) is 0 Å². The molecule has 3 nitrogen and oxygen atoms in total. The number of nitrogens with zero attached hydrogens (tertiary/aromatic N) is 2. The van der Waals surface area contributed by atoms with Gasteiger partial charge in [-0.05, 0) is 47.2 Å². The molecule has 3 unspecified atom stereocenters. The summed E-state index contributed by atoms with van der Waals surface area (Å²) in [6.07, 6.45) is 8.88. The maximum absolute atomic E-state index is 4.67. The summed E-state index contributed by atoms with van der Waals surface area (Å²) in [7, 11) is 0. The molecule has 96 valence electrons. The minimum absolute atomic E-state index is 0.666. The first-order valence-corrected chi connectivity index (χ1v) is 7.80. The fourth-order valence-corrected chi connectivity index (χ4v) is 4.40. The Morgan fingerprint density at radius 2 is 2.22 bits per heavy atom. The molecule has 0 spiro atoms. The van der Waals surface area contributed by atoms with Gasteiger partial charge in [-0.1, -0.05) is 12.8 Å². The molecule has 3 aliphatic rings. The summed E-state index contributed by atoms with van der Waals surface area (Å²) in [5.41, 5.74) is 1.20. The van der Waals surface area contributed by atoms with E-state index in [4.69, 9.17) is 0 Å². The molecule has 1 saturated heterocycles. The zero-order chi connectivity index (χ0) is 12.1. The van der Waals surface area contributed by atoms with Crippen molar-refractivity contribution in [1.82, 2.24) is 4.98 Å². The molecular weight excluding hydrogens is 290 g/mol. The number of rotatable bonds is 0. The van der Waals surface area contributed by atoms with Gasteiger partial charge in [0.2, 0.25) is 0 Å². The zero-order valence-corrected chi connectivity index (χ0v) is 12.0. The highest BCUT2D eigenvalue weighted by molar-refractivity contribution is 9.10. The molecule has 1 N–H and O–H groups in total. The first-order chi connectivity index (χ1) is 8.83. The Bertz CT molecular complexity index is 476. The van der Waals surface area contributed by atoms with Crippen molar-refractivity contribution in [3.63, 3.8) is 0 Å². The summed E-state index contributed by atoms with van der Waals surface area (Å²) in [5, 5.41) is 3.55. The van der Waals surface area contributed by atoms with E-state index >= 15 is 0 Å². The molecule has 4 heteroatoms. The third-order valence-corrected chi connectivity index (χ3v) is 5.23. The molecule has 1 aromatic heterocycles. The second-order valence-electron chi connectivity index (χ2n) is 5.81. The first-order valence-electron chi connectivity index (χ1n) is 7.00. The number of pyridine rings is 1. The fraction of sp³-hybridized carbons (Fsp3) is 0.643. The molecule has 2 aliphatic heterocycles. The van der Waals surface area contributed by atoms with Crippen LogP contribution in [0.15, 0.2) is 16.7 Å². The standard InChI is InChI=1S/C14H18BrN3/c15-10-6-12-14(17-7-10)18-11(8-16-12)5-9-3-1-2-4-13(9)18/h6-7,9,11,13,16H,1-5,8H2. The summed E-state index contributed by atoms with van der Waals surface area (Å²) in [4.78, 5) is 7.30. The second-order valence-corrected chi connectivity index (χ2v) is 6.73. The molecule has 3 heterocycles. The Morgan fingerprint density at radius 1 is 1.33 bits per heavy atom. The largest absolute Gasteiger partial charge is 0.380 e. The predicted octanol–water partition coefficient (Wildman–Crippen LogP) is 3.41. The molecule has 18 heavy (non-hydrogen) atoms. The Kier molecular flexibility index (Phi) is 2.54. The van der Waals surface area contributed by atoms with Crippen LogP contribution in [-0.4, -0.2) is 23.6 Å². The fourth-order valence-electron chi connectivity index (χ4n) is 4.07. The molecule has 0 bridgehead atoms. The molecule has 2 fully saturated rings. The van der Waals surface area contributed by atoms with Gasteiger partial charge in [0.05, 0.1) is 5.69 Å². The minimum Gasteiger partial charge on any atom is -0.380 e. The Balaban J connectivity index is 1.75. The predicted molar refractivity (Wildman–Crippen MR) is 77.1 cm³/mol. The topological polar surface area (TPSA) is 28.2 Å². The molecule has 1 aliphatic carbocycles. The lowest BCUT2D eigenvalue weighted by Crippen LogP contribution is -2.45.